The summed E-state index contributed by atoms with van der Waals surface area (Å²) >= 11 is 0. The zero-order valence-electron chi connectivity index (χ0n) is 11.1. The molecule has 0 radical (unpaired) electrons. The molecule has 104 valence electrons. The van der Waals surface area contributed by atoms with Crippen LogP contribution < -0.4 is 5.73 Å². The van der Waals surface area contributed by atoms with Crippen LogP contribution in [-0.2, 0) is 10.8 Å². The van der Waals surface area contributed by atoms with Gasteiger partial charge in [0.1, 0.15) is 0 Å². The van der Waals surface area contributed by atoms with Crippen LogP contribution in [0.2, 0.25) is 0 Å². The quantitative estimate of drug-likeness (QED) is 0.814. The SMILES string of the molecule is NCCC(=O)c1cccc(S(=O)CC2CCCC2)c1. The monoisotopic (exact) mass is 279 g/mol. The molecule has 1 aromatic rings. The highest BCUT2D eigenvalue weighted by Crippen LogP contribution is 2.26. The van der Waals surface area contributed by atoms with Crippen LogP contribution in [0, 0.1) is 5.92 Å². The summed E-state index contributed by atoms with van der Waals surface area (Å²) in [7, 11) is -0.987. The summed E-state index contributed by atoms with van der Waals surface area (Å²) in [4.78, 5) is 12.6. The summed E-state index contributed by atoms with van der Waals surface area (Å²) < 4.78 is 12.3. The molecule has 1 atom stereocenters. The number of hydrogen-bond donors (Lipinski definition) is 1. The van der Waals surface area contributed by atoms with Gasteiger partial charge in [-0.05, 0) is 37.4 Å². The van der Waals surface area contributed by atoms with Crippen molar-refractivity contribution in [3.8, 4) is 0 Å². The first-order valence-corrected chi connectivity index (χ1v) is 8.24. The summed E-state index contributed by atoms with van der Waals surface area (Å²) in [6.07, 6.45) is 5.25. The van der Waals surface area contributed by atoms with E-state index in [4.69, 9.17) is 5.73 Å². The third-order valence-corrected chi connectivity index (χ3v) is 5.21. The van der Waals surface area contributed by atoms with Gasteiger partial charge in [0.2, 0.25) is 0 Å². The maximum absolute atomic E-state index is 12.3. The lowest BCUT2D eigenvalue weighted by atomic mass is 10.1. The first-order valence-electron chi connectivity index (χ1n) is 6.92. The Labute approximate surface area is 117 Å². The van der Waals surface area contributed by atoms with Gasteiger partial charge in [-0.3, -0.25) is 9.00 Å². The summed E-state index contributed by atoms with van der Waals surface area (Å²) in [6, 6.07) is 7.20. The van der Waals surface area contributed by atoms with Gasteiger partial charge in [0.05, 0.1) is 10.8 Å². The molecule has 3 nitrogen and oxygen atoms in total. The molecular weight excluding hydrogens is 258 g/mol. The molecule has 4 heteroatoms. The normalized spacial score (nSPS) is 17.5. The highest BCUT2D eigenvalue weighted by Gasteiger charge is 2.19. The van der Waals surface area contributed by atoms with Crippen LogP contribution in [-0.4, -0.2) is 22.3 Å². The molecule has 0 heterocycles. The van der Waals surface area contributed by atoms with Crippen molar-refractivity contribution in [1.82, 2.24) is 0 Å². The number of benzene rings is 1. The molecule has 19 heavy (non-hydrogen) atoms. The molecule has 1 unspecified atom stereocenters. The molecule has 1 aliphatic carbocycles. The second kappa shape index (κ2) is 6.96. The largest absolute Gasteiger partial charge is 0.330 e. The van der Waals surface area contributed by atoms with Gasteiger partial charge in [-0.25, -0.2) is 0 Å². The topological polar surface area (TPSA) is 60.2 Å². The van der Waals surface area contributed by atoms with Crippen molar-refractivity contribution in [3.05, 3.63) is 29.8 Å². The van der Waals surface area contributed by atoms with Crippen LogP contribution in [0.25, 0.3) is 0 Å². The summed E-state index contributed by atoms with van der Waals surface area (Å²) in [5.74, 6) is 1.35. The Morgan fingerprint density at radius 2 is 2.05 bits per heavy atom. The number of Topliss-reactive ketones (excluding diaryl/α,β-unsaturated/α-hetero) is 1. The number of hydrogen-bond acceptors (Lipinski definition) is 3. The second-order valence-electron chi connectivity index (χ2n) is 5.15. The molecule has 0 amide bonds. The summed E-state index contributed by atoms with van der Waals surface area (Å²) in [5, 5.41) is 0. The number of rotatable bonds is 6. The van der Waals surface area contributed by atoms with Crippen molar-refractivity contribution < 1.29 is 9.00 Å². The van der Waals surface area contributed by atoms with E-state index in [-0.39, 0.29) is 5.78 Å². The average molecular weight is 279 g/mol. The van der Waals surface area contributed by atoms with Crippen LogP contribution >= 0.6 is 0 Å². The second-order valence-corrected chi connectivity index (χ2v) is 6.65. The highest BCUT2D eigenvalue weighted by atomic mass is 32.2. The standard InChI is InChI=1S/C15H21NO2S/c16-9-8-15(17)13-6-3-7-14(10-13)19(18)11-12-4-1-2-5-12/h3,6-7,10,12H,1-2,4-5,8-9,11,16H2. The Balaban J connectivity index is 2.04. The van der Waals surface area contributed by atoms with E-state index in [1.807, 2.05) is 12.1 Å². The van der Waals surface area contributed by atoms with E-state index in [1.165, 1.54) is 25.7 Å². The van der Waals surface area contributed by atoms with Crippen molar-refractivity contribution in [1.29, 1.82) is 0 Å². The van der Waals surface area contributed by atoms with E-state index < -0.39 is 10.8 Å². The number of carbonyl (C=O) groups is 1. The van der Waals surface area contributed by atoms with Crippen molar-refractivity contribution in [2.45, 2.75) is 37.0 Å². The predicted molar refractivity (Wildman–Crippen MR) is 77.7 cm³/mol. The van der Waals surface area contributed by atoms with E-state index in [0.717, 1.165) is 10.6 Å². The van der Waals surface area contributed by atoms with Crippen molar-refractivity contribution >= 4 is 16.6 Å². The van der Waals surface area contributed by atoms with Crippen molar-refractivity contribution in [3.63, 3.8) is 0 Å². The maximum atomic E-state index is 12.3. The van der Waals surface area contributed by atoms with E-state index in [2.05, 4.69) is 0 Å². The van der Waals surface area contributed by atoms with Crippen LogP contribution in [0.3, 0.4) is 0 Å². The van der Waals surface area contributed by atoms with Gasteiger partial charge in [0.15, 0.2) is 5.78 Å². The van der Waals surface area contributed by atoms with Gasteiger partial charge in [0.25, 0.3) is 0 Å². The zero-order valence-corrected chi connectivity index (χ0v) is 12.0. The van der Waals surface area contributed by atoms with Crippen LogP contribution in [0.5, 0.6) is 0 Å². The third kappa shape index (κ3) is 3.98. The molecule has 2 N–H and O–H groups in total. The minimum atomic E-state index is -0.987. The minimum Gasteiger partial charge on any atom is -0.330 e. The lowest BCUT2D eigenvalue weighted by Crippen LogP contribution is -2.10. The van der Waals surface area contributed by atoms with Crippen LogP contribution in [0.4, 0.5) is 0 Å². The predicted octanol–water partition coefficient (Wildman–Crippen LogP) is 2.52. The maximum Gasteiger partial charge on any atom is 0.164 e. The molecule has 0 saturated heterocycles. The van der Waals surface area contributed by atoms with E-state index in [1.54, 1.807) is 12.1 Å². The van der Waals surface area contributed by atoms with Gasteiger partial charge >= 0.3 is 0 Å². The van der Waals surface area contributed by atoms with Crippen LogP contribution in [0.1, 0.15) is 42.5 Å². The van der Waals surface area contributed by atoms with Crippen LogP contribution in [0.15, 0.2) is 29.2 Å². The molecule has 0 spiro atoms. The van der Waals surface area contributed by atoms with Gasteiger partial charge in [-0.2, -0.15) is 0 Å². The Kier molecular flexibility index (Phi) is 5.28. The molecule has 1 fully saturated rings. The number of carbonyl (C=O) groups excluding carboxylic acids is 1. The minimum absolute atomic E-state index is 0.0298. The fourth-order valence-corrected chi connectivity index (χ4v) is 4.02. The zero-order chi connectivity index (χ0) is 13.7. The lowest BCUT2D eigenvalue weighted by Gasteiger charge is -2.09. The van der Waals surface area contributed by atoms with Gasteiger partial charge < -0.3 is 5.73 Å². The Morgan fingerprint density at radius 3 is 2.74 bits per heavy atom. The summed E-state index contributed by atoms with van der Waals surface area (Å²) in [6.45, 7) is 0.355. The van der Waals surface area contributed by atoms with E-state index in [0.29, 0.717) is 24.4 Å². The lowest BCUT2D eigenvalue weighted by molar-refractivity contribution is 0.0985. The molecular formula is C15H21NO2S. The molecule has 1 aromatic carbocycles. The number of ketones is 1. The average Bonchev–Trinajstić information content (AvgIpc) is 2.92. The van der Waals surface area contributed by atoms with Gasteiger partial charge in [-0.1, -0.05) is 25.0 Å². The first-order chi connectivity index (χ1) is 9.20. The molecule has 0 bridgehead atoms. The first kappa shape index (κ1) is 14.4. The van der Waals surface area contributed by atoms with Crippen molar-refractivity contribution in [2.24, 2.45) is 11.7 Å². The van der Waals surface area contributed by atoms with E-state index in [9.17, 15) is 9.00 Å². The molecule has 1 aliphatic rings. The summed E-state index contributed by atoms with van der Waals surface area (Å²) in [5.41, 5.74) is 6.02. The van der Waals surface area contributed by atoms with Gasteiger partial charge in [-0.15, -0.1) is 0 Å². The third-order valence-electron chi connectivity index (χ3n) is 3.65. The molecule has 1 saturated carbocycles. The van der Waals surface area contributed by atoms with Gasteiger partial charge in [0, 0.05) is 22.6 Å². The van der Waals surface area contributed by atoms with Crippen molar-refractivity contribution in [2.75, 3.05) is 12.3 Å². The molecule has 2 rings (SSSR count). The smallest absolute Gasteiger partial charge is 0.164 e. The fourth-order valence-electron chi connectivity index (χ4n) is 2.57. The molecule has 0 aromatic heterocycles. The Bertz CT molecular complexity index is 467. The Hall–Kier alpha value is -1.00. The Morgan fingerprint density at radius 1 is 1.32 bits per heavy atom. The van der Waals surface area contributed by atoms with E-state index >= 15 is 0 Å². The molecule has 0 aliphatic heterocycles. The fraction of sp³-hybridized carbons (Fsp3) is 0.533. The number of nitrogens with two attached hydrogens (primary N) is 1. The highest BCUT2D eigenvalue weighted by molar-refractivity contribution is 7.85.